The van der Waals surface area contributed by atoms with Gasteiger partial charge in [0.05, 0.1) is 12.7 Å². The number of halogens is 2. The first-order valence-electron chi connectivity index (χ1n) is 11.1. The van der Waals surface area contributed by atoms with E-state index in [2.05, 4.69) is 22.0 Å². The average molecular weight is 485 g/mol. The topological polar surface area (TPSA) is 68.2 Å². The molecule has 2 aliphatic rings. The van der Waals surface area contributed by atoms with E-state index < -0.39 is 29.6 Å². The van der Waals surface area contributed by atoms with E-state index in [1.807, 2.05) is 12.1 Å². The molecule has 178 valence electrons. The Balaban J connectivity index is 1.58. The summed E-state index contributed by atoms with van der Waals surface area (Å²) >= 11 is 6.36. The number of benzene rings is 2. The van der Waals surface area contributed by atoms with E-state index in [-0.39, 0.29) is 22.8 Å². The van der Waals surface area contributed by atoms with Crippen LogP contribution in [0.2, 0.25) is 5.02 Å². The Labute approximate surface area is 203 Å². The van der Waals surface area contributed by atoms with Crippen LogP contribution in [0.15, 0.2) is 58.7 Å². The van der Waals surface area contributed by atoms with Gasteiger partial charge in [0, 0.05) is 47.5 Å². The second-order valence-corrected chi connectivity index (χ2v) is 8.89. The van der Waals surface area contributed by atoms with Crippen LogP contribution in [0.3, 0.4) is 0 Å². The standard InChI is InChI=1S/C26H26ClFN2O4/c1-15-21(25(31)33-3)24(23-19(27)9-6-10-20(23)28)22(16(2)29-15)26(32)34-12-11-30-13-17-7-4-5-8-18(17)14-30/h4-10,21,24H,11-14H2,1-3H3. The van der Waals surface area contributed by atoms with Crippen molar-refractivity contribution in [2.75, 3.05) is 20.3 Å². The molecule has 34 heavy (non-hydrogen) atoms. The maximum atomic E-state index is 15.0. The fraction of sp³-hybridized carbons (Fsp3) is 0.346. The number of ether oxygens (including phenoxy) is 2. The van der Waals surface area contributed by atoms with Gasteiger partial charge in [-0.1, -0.05) is 41.9 Å². The van der Waals surface area contributed by atoms with Crippen molar-refractivity contribution in [1.82, 2.24) is 4.90 Å². The lowest BCUT2D eigenvalue weighted by Crippen LogP contribution is -2.37. The molecule has 4 rings (SSSR count). The van der Waals surface area contributed by atoms with E-state index in [9.17, 15) is 14.0 Å². The predicted octanol–water partition coefficient (Wildman–Crippen LogP) is 4.66. The molecule has 8 heteroatoms. The van der Waals surface area contributed by atoms with Gasteiger partial charge in [0.2, 0.25) is 0 Å². The number of aliphatic imine (C=N–C) groups is 1. The SMILES string of the molecule is COC(=O)C1C(C)=NC(C)=C(C(=O)OCCN2Cc3ccccc3C2)C1c1c(F)cccc1Cl. The summed E-state index contributed by atoms with van der Waals surface area (Å²) in [6, 6.07) is 12.4. The normalized spacial score (nSPS) is 20.1. The lowest BCUT2D eigenvalue weighted by Gasteiger charge is -2.32. The van der Waals surface area contributed by atoms with Crippen molar-refractivity contribution in [3.63, 3.8) is 0 Å². The van der Waals surface area contributed by atoms with E-state index in [1.165, 1.54) is 36.4 Å². The van der Waals surface area contributed by atoms with Crippen LogP contribution < -0.4 is 0 Å². The quantitative estimate of drug-likeness (QED) is 0.558. The first kappa shape index (κ1) is 24.1. The molecule has 0 radical (unpaired) electrons. The van der Waals surface area contributed by atoms with E-state index in [1.54, 1.807) is 13.8 Å². The Hall–Kier alpha value is -3.03. The summed E-state index contributed by atoms with van der Waals surface area (Å²) in [5, 5.41) is 0.113. The van der Waals surface area contributed by atoms with Crippen LogP contribution in [0.1, 0.15) is 36.5 Å². The van der Waals surface area contributed by atoms with Crippen LogP contribution in [-0.2, 0) is 32.2 Å². The van der Waals surface area contributed by atoms with Crippen molar-refractivity contribution in [3.8, 4) is 0 Å². The molecular formula is C26H26ClFN2O4. The van der Waals surface area contributed by atoms with Crippen molar-refractivity contribution in [1.29, 1.82) is 0 Å². The van der Waals surface area contributed by atoms with Gasteiger partial charge in [-0.25, -0.2) is 9.18 Å². The zero-order valence-electron chi connectivity index (χ0n) is 19.3. The zero-order valence-corrected chi connectivity index (χ0v) is 20.1. The first-order valence-corrected chi connectivity index (χ1v) is 11.4. The minimum absolute atomic E-state index is 0.0510. The lowest BCUT2D eigenvalue weighted by atomic mass is 9.75. The van der Waals surface area contributed by atoms with Gasteiger partial charge in [-0.05, 0) is 37.1 Å². The van der Waals surface area contributed by atoms with Crippen LogP contribution in [0.25, 0.3) is 0 Å². The third-order valence-corrected chi connectivity index (χ3v) is 6.69. The summed E-state index contributed by atoms with van der Waals surface area (Å²) in [5.74, 6) is -3.91. The lowest BCUT2D eigenvalue weighted by molar-refractivity contribution is -0.144. The third kappa shape index (κ3) is 4.63. The number of nitrogens with zero attached hydrogens (tertiary/aromatic N) is 2. The molecule has 0 spiro atoms. The monoisotopic (exact) mass is 484 g/mol. The largest absolute Gasteiger partial charge is 0.468 e. The first-order chi connectivity index (χ1) is 16.3. The molecule has 0 amide bonds. The third-order valence-electron chi connectivity index (χ3n) is 6.36. The highest BCUT2D eigenvalue weighted by Gasteiger charge is 2.44. The van der Waals surface area contributed by atoms with Crippen LogP contribution in [-0.4, -0.2) is 42.8 Å². The van der Waals surface area contributed by atoms with Crippen molar-refractivity contribution in [3.05, 3.63) is 81.3 Å². The number of allylic oxidation sites excluding steroid dienone is 1. The van der Waals surface area contributed by atoms with Gasteiger partial charge in [-0.3, -0.25) is 14.7 Å². The summed E-state index contributed by atoms with van der Waals surface area (Å²) < 4.78 is 25.6. The highest BCUT2D eigenvalue weighted by Crippen LogP contribution is 2.43. The Morgan fingerprint density at radius 1 is 1.12 bits per heavy atom. The molecule has 0 fully saturated rings. The van der Waals surface area contributed by atoms with Gasteiger partial charge < -0.3 is 9.47 Å². The number of carbonyl (C=O) groups excluding carboxylic acids is 2. The maximum absolute atomic E-state index is 15.0. The fourth-order valence-corrected chi connectivity index (χ4v) is 5.04. The van der Waals surface area contributed by atoms with Crippen molar-refractivity contribution in [2.24, 2.45) is 10.9 Å². The molecular weight excluding hydrogens is 459 g/mol. The molecule has 0 N–H and O–H groups in total. The van der Waals surface area contributed by atoms with Crippen molar-refractivity contribution in [2.45, 2.75) is 32.9 Å². The van der Waals surface area contributed by atoms with Gasteiger partial charge in [0.1, 0.15) is 18.3 Å². The highest BCUT2D eigenvalue weighted by molar-refractivity contribution is 6.31. The summed E-state index contributed by atoms with van der Waals surface area (Å²) in [6.07, 6.45) is 0. The molecule has 2 aromatic carbocycles. The number of rotatable bonds is 6. The van der Waals surface area contributed by atoms with Crippen LogP contribution in [0, 0.1) is 11.7 Å². The van der Waals surface area contributed by atoms with Gasteiger partial charge in [0.25, 0.3) is 0 Å². The molecule has 2 atom stereocenters. The second kappa shape index (κ2) is 10.1. The van der Waals surface area contributed by atoms with Gasteiger partial charge in [-0.15, -0.1) is 0 Å². The number of esters is 2. The van der Waals surface area contributed by atoms with E-state index in [0.29, 0.717) is 18.0 Å². The summed E-state index contributed by atoms with van der Waals surface area (Å²) in [4.78, 5) is 32.6. The van der Waals surface area contributed by atoms with Crippen LogP contribution >= 0.6 is 11.6 Å². The molecule has 2 aromatic rings. The molecule has 2 heterocycles. The second-order valence-electron chi connectivity index (χ2n) is 8.48. The van der Waals surface area contributed by atoms with Crippen LogP contribution in [0.4, 0.5) is 4.39 Å². The smallest absolute Gasteiger partial charge is 0.336 e. The Morgan fingerprint density at radius 2 is 1.79 bits per heavy atom. The van der Waals surface area contributed by atoms with E-state index in [0.717, 1.165) is 13.1 Å². The minimum atomic E-state index is -1.01. The highest BCUT2D eigenvalue weighted by atomic mass is 35.5. The van der Waals surface area contributed by atoms with Gasteiger partial charge >= 0.3 is 11.9 Å². The summed E-state index contributed by atoms with van der Waals surface area (Å²) in [6.45, 7) is 5.56. The zero-order chi connectivity index (χ0) is 24.4. The number of methoxy groups -OCH3 is 1. The molecule has 2 unspecified atom stereocenters. The molecule has 0 bridgehead atoms. The van der Waals surface area contributed by atoms with E-state index in [4.69, 9.17) is 21.1 Å². The molecule has 6 nitrogen and oxygen atoms in total. The van der Waals surface area contributed by atoms with Crippen molar-refractivity contribution < 1.29 is 23.5 Å². The summed E-state index contributed by atoms with van der Waals surface area (Å²) in [5.41, 5.74) is 3.47. The molecule has 2 aliphatic heterocycles. The van der Waals surface area contributed by atoms with Gasteiger partial charge in [0.15, 0.2) is 0 Å². The Morgan fingerprint density at radius 3 is 2.41 bits per heavy atom. The fourth-order valence-electron chi connectivity index (χ4n) is 4.76. The molecule has 0 aromatic heterocycles. The number of carbonyl (C=O) groups is 2. The van der Waals surface area contributed by atoms with Gasteiger partial charge in [-0.2, -0.15) is 0 Å². The minimum Gasteiger partial charge on any atom is -0.468 e. The van der Waals surface area contributed by atoms with Crippen molar-refractivity contribution >= 4 is 29.3 Å². The predicted molar refractivity (Wildman–Crippen MR) is 127 cm³/mol. The summed E-state index contributed by atoms with van der Waals surface area (Å²) in [7, 11) is 1.24. The van der Waals surface area contributed by atoms with E-state index >= 15 is 0 Å². The number of hydrogen-bond donors (Lipinski definition) is 0. The van der Waals surface area contributed by atoms with Crippen LogP contribution in [0.5, 0.6) is 0 Å². The Kier molecular flexibility index (Phi) is 7.14. The number of fused-ring (bicyclic) bond motifs is 1. The average Bonchev–Trinajstić information content (AvgIpc) is 3.21. The molecule has 0 saturated carbocycles. The Bertz CT molecular complexity index is 1150. The maximum Gasteiger partial charge on any atom is 0.336 e. The number of hydrogen-bond acceptors (Lipinski definition) is 6. The molecule has 0 aliphatic carbocycles. The molecule has 0 saturated heterocycles.